The van der Waals surface area contributed by atoms with E-state index in [2.05, 4.69) is 4.99 Å². The van der Waals surface area contributed by atoms with Gasteiger partial charge in [0.15, 0.2) is 4.80 Å². The van der Waals surface area contributed by atoms with Crippen LogP contribution in [0.1, 0.15) is 23.7 Å². The lowest BCUT2D eigenvalue weighted by atomic mass is 10.1. The average molecular weight is 426 g/mol. The largest absolute Gasteiger partial charge is 0.316 e. The van der Waals surface area contributed by atoms with Crippen LogP contribution in [0.5, 0.6) is 0 Å². The summed E-state index contributed by atoms with van der Waals surface area (Å²) >= 11 is 1.28. The van der Waals surface area contributed by atoms with Crippen molar-refractivity contribution in [1.82, 2.24) is 4.57 Å². The van der Waals surface area contributed by atoms with E-state index in [9.17, 15) is 13.2 Å². The Bertz CT molecular complexity index is 1420. The van der Waals surface area contributed by atoms with Crippen molar-refractivity contribution in [2.45, 2.75) is 24.8 Å². The lowest BCUT2D eigenvalue weighted by Gasteiger charge is -2.04. The number of carbonyl (C=O) groups excluding carboxylic acids is 1. The van der Waals surface area contributed by atoms with Gasteiger partial charge in [0.1, 0.15) is 0 Å². The maximum atomic E-state index is 12.8. The topological polar surface area (TPSA) is 94.5 Å². The molecule has 4 aromatic rings. The summed E-state index contributed by atoms with van der Waals surface area (Å²) in [5.74, 6) is -0.334. The smallest absolute Gasteiger partial charge is 0.279 e. The van der Waals surface area contributed by atoms with E-state index in [1.807, 2.05) is 47.9 Å². The van der Waals surface area contributed by atoms with Gasteiger partial charge in [0.2, 0.25) is 10.0 Å². The highest BCUT2D eigenvalue weighted by Gasteiger charge is 2.13. The second-order valence-corrected chi connectivity index (χ2v) is 9.26. The third-order valence-corrected chi connectivity index (χ3v) is 6.58. The van der Waals surface area contributed by atoms with Gasteiger partial charge >= 0.3 is 0 Å². The highest BCUT2D eigenvalue weighted by Crippen LogP contribution is 2.22. The summed E-state index contributed by atoms with van der Waals surface area (Å²) in [6.45, 7) is 2.70. The molecule has 0 saturated carbocycles. The van der Waals surface area contributed by atoms with E-state index in [0.717, 1.165) is 27.4 Å². The first-order valence-electron chi connectivity index (χ1n) is 9.11. The molecule has 0 aliphatic carbocycles. The van der Waals surface area contributed by atoms with Crippen molar-refractivity contribution < 1.29 is 13.2 Å². The first kappa shape index (κ1) is 19.5. The Kier molecular flexibility index (Phi) is 5.08. The predicted octanol–water partition coefficient (Wildman–Crippen LogP) is 3.65. The van der Waals surface area contributed by atoms with Crippen LogP contribution in [-0.4, -0.2) is 18.9 Å². The maximum Gasteiger partial charge on any atom is 0.279 e. The molecule has 1 heterocycles. The van der Waals surface area contributed by atoms with Crippen molar-refractivity contribution in [3.63, 3.8) is 0 Å². The molecule has 0 bridgehead atoms. The minimum absolute atomic E-state index is 0.0438. The van der Waals surface area contributed by atoms with Gasteiger partial charge in [-0.05, 0) is 47.5 Å². The normalized spacial score (nSPS) is 12.7. The number of carbonyl (C=O) groups is 1. The van der Waals surface area contributed by atoms with Gasteiger partial charge in [0, 0.05) is 12.1 Å². The van der Waals surface area contributed by atoms with Gasteiger partial charge in [-0.25, -0.2) is 13.6 Å². The lowest BCUT2D eigenvalue weighted by Crippen LogP contribution is -2.17. The minimum Gasteiger partial charge on any atom is -0.316 e. The summed E-state index contributed by atoms with van der Waals surface area (Å²) in [5.41, 5.74) is 1.34. The molecule has 4 rings (SSSR count). The number of thiazole rings is 1. The number of rotatable bonds is 4. The zero-order chi connectivity index (χ0) is 20.6. The molecular formula is C21H19N3O3S2. The van der Waals surface area contributed by atoms with Crippen LogP contribution in [0.15, 0.2) is 70.6 Å². The van der Waals surface area contributed by atoms with E-state index in [1.54, 1.807) is 12.1 Å². The van der Waals surface area contributed by atoms with Crippen molar-refractivity contribution in [3.05, 3.63) is 71.0 Å². The summed E-state index contributed by atoms with van der Waals surface area (Å²) in [4.78, 5) is 17.8. The quantitative estimate of drug-likeness (QED) is 0.541. The number of benzene rings is 3. The fourth-order valence-corrected chi connectivity index (χ4v) is 4.94. The van der Waals surface area contributed by atoms with Gasteiger partial charge in [-0.2, -0.15) is 4.99 Å². The molecule has 0 fully saturated rings. The van der Waals surface area contributed by atoms with Gasteiger partial charge in [0.05, 0.1) is 15.1 Å². The number of aryl methyl sites for hydroxylation is 1. The molecule has 0 atom stereocenters. The van der Waals surface area contributed by atoms with Crippen LogP contribution in [0.2, 0.25) is 0 Å². The third-order valence-electron chi connectivity index (χ3n) is 4.62. The fraction of sp³-hybridized carbons (Fsp3) is 0.143. The molecule has 148 valence electrons. The van der Waals surface area contributed by atoms with Crippen LogP contribution < -0.4 is 9.94 Å². The molecule has 0 unspecified atom stereocenters. The Balaban J connectivity index is 1.84. The van der Waals surface area contributed by atoms with Gasteiger partial charge in [-0.3, -0.25) is 4.79 Å². The third kappa shape index (κ3) is 3.87. The molecule has 0 radical (unpaired) electrons. The summed E-state index contributed by atoms with van der Waals surface area (Å²) in [6, 6.07) is 18.0. The highest BCUT2D eigenvalue weighted by molar-refractivity contribution is 7.89. The number of hydrogen-bond donors (Lipinski definition) is 1. The maximum absolute atomic E-state index is 12.8. The Labute approximate surface area is 172 Å². The predicted molar refractivity (Wildman–Crippen MR) is 115 cm³/mol. The van der Waals surface area contributed by atoms with Crippen LogP contribution >= 0.6 is 11.3 Å². The molecule has 0 spiro atoms. The lowest BCUT2D eigenvalue weighted by molar-refractivity contribution is 0.0998. The summed E-state index contributed by atoms with van der Waals surface area (Å²) < 4.78 is 26.0. The number of nitrogens with zero attached hydrogens (tertiary/aromatic N) is 2. The molecule has 29 heavy (non-hydrogen) atoms. The first-order chi connectivity index (χ1) is 13.9. The Hall–Kier alpha value is -2.81. The van der Waals surface area contributed by atoms with E-state index in [4.69, 9.17) is 5.14 Å². The standard InChI is InChI=1S/C21H19N3O3S2/c1-2-11-24-18-10-9-17(29(22,26)27)13-19(18)28-21(24)23-20(25)16-8-7-14-5-3-4-6-15(14)12-16/h3-10,12-13H,2,11H2,1H3,(H2,22,26,27). The molecule has 0 aliphatic rings. The van der Waals surface area contributed by atoms with Gasteiger partial charge in [-0.1, -0.05) is 48.6 Å². The van der Waals surface area contributed by atoms with E-state index in [1.165, 1.54) is 23.5 Å². The van der Waals surface area contributed by atoms with Crippen LogP contribution in [0.4, 0.5) is 0 Å². The van der Waals surface area contributed by atoms with Gasteiger partial charge in [-0.15, -0.1) is 0 Å². The summed E-state index contributed by atoms with van der Waals surface area (Å²) in [5, 5.41) is 7.28. The van der Waals surface area contributed by atoms with E-state index >= 15 is 0 Å². The Morgan fingerprint density at radius 2 is 1.83 bits per heavy atom. The van der Waals surface area contributed by atoms with E-state index in [-0.39, 0.29) is 10.8 Å². The van der Waals surface area contributed by atoms with Crippen molar-refractivity contribution in [1.29, 1.82) is 0 Å². The van der Waals surface area contributed by atoms with Crippen LogP contribution in [0, 0.1) is 0 Å². The van der Waals surface area contributed by atoms with E-state index < -0.39 is 10.0 Å². The average Bonchev–Trinajstić information content (AvgIpc) is 3.03. The van der Waals surface area contributed by atoms with Crippen molar-refractivity contribution >= 4 is 48.3 Å². The molecular weight excluding hydrogens is 406 g/mol. The zero-order valence-electron chi connectivity index (χ0n) is 15.7. The van der Waals surface area contributed by atoms with Gasteiger partial charge < -0.3 is 4.57 Å². The molecule has 8 heteroatoms. The number of fused-ring (bicyclic) bond motifs is 2. The molecule has 0 aliphatic heterocycles. The molecule has 2 N–H and O–H groups in total. The van der Waals surface area contributed by atoms with Crippen molar-refractivity contribution in [2.75, 3.05) is 0 Å². The highest BCUT2D eigenvalue weighted by atomic mass is 32.2. The second kappa shape index (κ2) is 7.55. The molecule has 1 amide bonds. The Morgan fingerprint density at radius 1 is 1.07 bits per heavy atom. The second-order valence-electron chi connectivity index (χ2n) is 6.69. The zero-order valence-corrected chi connectivity index (χ0v) is 17.3. The number of hydrogen-bond acceptors (Lipinski definition) is 4. The number of nitrogens with two attached hydrogens (primary N) is 1. The molecule has 6 nitrogen and oxygen atoms in total. The van der Waals surface area contributed by atoms with E-state index in [0.29, 0.717) is 16.9 Å². The minimum atomic E-state index is -3.80. The van der Waals surface area contributed by atoms with Crippen LogP contribution in [-0.2, 0) is 16.6 Å². The number of aromatic nitrogens is 1. The number of sulfonamides is 1. The molecule has 0 saturated heterocycles. The number of amides is 1. The number of primary sulfonamides is 1. The van der Waals surface area contributed by atoms with Crippen molar-refractivity contribution in [3.8, 4) is 0 Å². The molecule has 3 aromatic carbocycles. The fourth-order valence-electron chi connectivity index (χ4n) is 3.23. The first-order valence-corrected chi connectivity index (χ1v) is 11.5. The molecule has 1 aromatic heterocycles. The summed E-state index contributed by atoms with van der Waals surface area (Å²) in [6.07, 6.45) is 0.847. The van der Waals surface area contributed by atoms with Gasteiger partial charge in [0.25, 0.3) is 5.91 Å². The Morgan fingerprint density at radius 3 is 2.55 bits per heavy atom. The summed E-state index contributed by atoms with van der Waals surface area (Å²) in [7, 11) is -3.80. The van der Waals surface area contributed by atoms with Crippen LogP contribution in [0.3, 0.4) is 0 Å². The van der Waals surface area contributed by atoms with Crippen molar-refractivity contribution in [2.24, 2.45) is 10.1 Å². The monoisotopic (exact) mass is 425 g/mol. The SMILES string of the molecule is CCCn1c(=NC(=O)c2ccc3ccccc3c2)sc2cc(S(N)(=O)=O)ccc21. The van der Waals surface area contributed by atoms with Crippen LogP contribution in [0.25, 0.3) is 21.0 Å².